The second-order valence-corrected chi connectivity index (χ2v) is 5.39. The highest BCUT2D eigenvalue weighted by Gasteiger charge is 2.16. The molecule has 0 atom stereocenters. The standard InChI is InChI=1S/C19H15N3O3/c1-23-14-9-7-12(8-10-14)18-21-17(22-25-18)15-11-13-5-3-4-6-16(13)20-19(15)24-2/h3-11H,1-2H3. The zero-order valence-corrected chi connectivity index (χ0v) is 13.8. The molecule has 2 heterocycles. The fourth-order valence-corrected chi connectivity index (χ4v) is 2.60. The molecule has 4 aromatic rings. The van der Waals surface area contributed by atoms with Gasteiger partial charge >= 0.3 is 0 Å². The van der Waals surface area contributed by atoms with Crippen molar-refractivity contribution in [2.24, 2.45) is 0 Å². The molecule has 0 amide bonds. The first-order chi connectivity index (χ1) is 12.3. The van der Waals surface area contributed by atoms with Crippen molar-refractivity contribution < 1.29 is 14.0 Å². The van der Waals surface area contributed by atoms with Gasteiger partial charge < -0.3 is 14.0 Å². The van der Waals surface area contributed by atoms with Gasteiger partial charge in [-0.1, -0.05) is 23.4 Å². The van der Waals surface area contributed by atoms with Gasteiger partial charge in [-0.2, -0.15) is 4.98 Å². The van der Waals surface area contributed by atoms with Gasteiger partial charge in [0, 0.05) is 10.9 Å². The van der Waals surface area contributed by atoms with Crippen LogP contribution in [0.2, 0.25) is 0 Å². The zero-order chi connectivity index (χ0) is 17.2. The highest BCUT2D eigenvalue weighted by atomic mass is 16.5. The molecule has 0 saturated heterocycles. The molecule has 0 bridgehead atoms. The van der Waals surface area contributed by atoms with Gasteiger partial charge in [-0.05, 0) is 36.4 Å². The summed E-state index contributed by atoms with van der Waals surface area (Å²) in [6, 6.07) is 17.2. The lowest BCUT2D eigenvalue weighted by atomic mass is 10.1. The van der Waals surface area contributed by atoms with Crippen molar-refractivity contribution in [3.05, 3.63) is 54.6 Å². The molecule has 0 radical (unpaired) electrons. The van der Waals surface area contributed by atoms with Crippen LogP contribution in [0.4, 0.5) is 0 Å². The topological polar surface area (TPSA) is 70.3 Å². The molecule has 2 aromatic heterocycles. The lowest BCUT2D eigenvalue weighted by Crippen LogP contribution is -1.94. The summed E-state index contributed by atoms with van der Waals surface area (Å²) in [6.07, 6.45) is 0. The van der Waals surface area contributed by atoms with Crippen LogP contribution >= 0.6 is 0 Å². The van der Waals surface area contributed by atoms with E-state index in [0.717, 1.165) is 22.2 Å². The van der Waals surface area contributed by atoms with Crippen molar-refractivity contribution in [3.63, 3.8) is 0 Å². The summed E-state index contributed by atoms with van der Waals surface area (Å²) < 4.78 is 16.0. The number of benzene rings is 2. The smallest absolute Gasteiger partial charge is 0.258 e. The van der Waals surface area contributed by atoms with Crippen molar-refractivity contribution in [3.8, 4) is 34.5 Å². The fourth-order valence-electron chi connectivity index (χ4n) is 2.60. The summed E-state index contributed by atoms with van der Waals surface area (Å²) in [7, 11) is 3.20. The third kappa shape index (κ3) is 2.78. The van der Waals surface area contributed by atoms with Gasteiger partial charge in [0.2, 0.25) is 11.7 Å². The molecule has 25 heavy (non-hydrogen) atoms. The van der Waals surface area contributed by atoms with Crippen LogP contribution in [-0.4, -0.2) is 29.3 Å². The van der Waals surface area contributed by atoms with Crippen LogP contribution in [0.1, 0.15) is 0 Å². The SMILES string of the molecule is COc1ccc(-c2nc(-c3cc4ccccc4nc3OC)no2)cc1. The second-order valence-electron chi connectivity index (χ2n) is 5.39. The molecule has 6 nitrogen and oxygen atoms in total. The van der Waals surface area contributed by atoms with Gasteiger partial charge in [0.25, 0.3) is 5.89 Å². The van der Waals surface area contributed by atoms with E-state index in [-0.39, 0.29) is 0 Å². The quantitative estimate of drug-likeness (QED) is 0.563. The van der Waals surface area contributed by atoms with E-state index >= 15 is 0 Å². The van der Waals surface area contributed by atoms with Crippen LogP contribution in [0.3, 0.4) is 0 Å². The van der Waals surface area contributed by atoms with Crippen LogP contribution in [0.25, 0.3) is 33.7 Å². The third-order valence-corrected chi connectivity index (χ3v) is 3.89. The Morgan fingerprint density at radius 2 is 1.68 bits per heavy atom. The normalized spacial score (nSPS) is 10.8. The number of fused-ring (bicyclic) bond motifs is 1. The predicted octanol–water partition coefficient (Wildman–Crippen LogP) is 3.97. The van der Waals surface area contributed by atoms with E-state index in [1.54, 1.807) is 14.2 Å². The maximum Gasteiger partial charge on any atom is 0.258 e. The van der Waals surface area contributed by atoms with Gasteiger partial charge in [0.1, 0.15) is 5.75 Å². The Hall–Kier alpha value is -3.41. The molecular formula is C19H15N3O3. The number of para-hydroxylation sites is 1. The van der Waals surface area contributed by atoms with Crippen molar-refractivity contribution in [1.82, 2.24) is 15.1 Å². The number of pyridine rings is 1. The highest BCUT2D eigenvalue weighted by Crippen LogP contribution is 2.31. The minimum Gasteiger partial charge on any atom is -0.497 e. The second kappa shape index (κ2) is 6.24. The minimum atomic E-state index is 0.424. The van der Waals surface area contributed by atoms with Gasteiger partial charge in [0.15, 0.2) is 0 Å². The summed E-state index contributed by atoms with van der Waals surface area (Å²) in [5.74, 6) is 2.08. The number of hydrogen-bond acceptors (Lipinski definition) is 6. The number of rotatable bonds is 4. The zero-order valence-electron chi connectivity index (χ0n) is 13.8. The Kier molecular flexibility index (Phi) is 3.78. The molecule has 2 aromatic carbocycles. The maximum atomic E-state index is 5.40. The first-order valence-corrected chi connectivity index (χ1v) is 7.71. The van der Waals surface area contributed by atoms with E-state index in [4.69, 9.17) is 14.0 Å². The minimum absolute atomic E-state index is 0.424. The predicted molar refractivity (Wildman–Crippen MR) is 93.6 cm³/mol. The van der Waals surface area contributed by atoms with Gasteiger partial charge in [-0.3, -0.25) is 0 Å². The van der Waals surface area contributed by atoms with E-state index in [2.05, 4.69) is 15.1 Å². The number of aromatic nitrogens is 3. The molecule has 0 aliphatic rings. The molecule has 0 N–H and O–H groups in total. The van der Waals surface area contributed by atoms with Crippen LogP contribution in [0.15, 0.2) is 59.1 Å². The number of nitrogens with zero attached hydrogens (tertiary/aromatic N) is 3. The molecule has 124 valence electrons. The number of hydrogen-bond donors (Lipinski definition) is 0. The van der Waals surface area contributed by atoms with Crippen molar-refractivity contribution in [2.45, 2.75) is 0 Å². The first kappa shape index (κ1) is 15.1. The summed E-state index contributed by atoms with van der Waals surface area (Å²) in [5, 5.41) is 5.06. The van der Waals surface area contributed by atoms with E-state index in [1.807, 2.05) is 54.6 Å². The van der Waals surface area contributed by atoms with Crippen LogP contribution in [0.5, 0.6) is 11.6 Å². The lowest BCUT2D eigenvalue weighted by Gasteiger charge is -2.06. The maximum absolute atomic E-state index is 5.40. The van der Waals surface area contributed by atoms with Crippen molar-refractivity contribution >= 4 is 10.9 Å². The van der Waals surface area contributed by atoms with E-state index < -0.39 is 0 Å². The molecular weight excluding hydrogens is 318 g/mol. The van der Waals surface area contributed by atoms with E-state index in [1.165, 1.54) is 0 Å². The molecule has 0 aliphatic heterocycles. The summed E-state index contributed by atoms with van der Waals surface area (Å²) in [5.41, 5.74) is 2.35. The third-order valence-electron chi connectivity index (χ3n) is 3.89. The van der Waals surface area contributed by atoms with E-state index in [9.17, 15) is 0 Å². The highest BCUT2D eigenvalue weighted by molar-refractivity contribution is 5.85. The number of ether oxygens (including phenoxy) is 2. The average Bonchev–Trinajstić information content (AvgIpc) is 3.17. The average molecular weight is 333 g/mol. The van der Waals surface area contributed by atoms with Crippen LogP contribution in [-0.2, 0) is 0 Å². The fraction of sp³-hybridized carbons (Fsp3) is 0.105. The van der Waals surface area contributed by atoms with E-state index in [0.29, 0.717) is 23.2 Å². The van der Waals surface area contributed by atoms with Crippen molar-refractivity contribution in [2.75, 3.05) is 14.2 Å². The Labute approximate surface area is 144 Å². The Morgan fingerprint density at radius 3 is 2.44 bits per heavy atom. The van der Waals surface area contributed by atoms with Crippen LogP contribution in [0, 0.1) is 0 Å². The molecule has 0 fully saturated rings. The van der Waals surface area contributed by atoms with Gasteiger partial charge in [0.05, 0.1) is 25.3 Å². The van der Waals surface area contributed by atoms with Gasteiger partial charge in [-0.25, -0.2) is 4.98 Å². The summed E-state index contributed by atoms with van der Waals surface area (Å²) >= 11 is 0. The Morgan fingerprint density at radius 1 is 0.880 bits per heavy atom. The largest absolute Gasteiger partial charge is 0.497 e. The molecule has 4 rings (SSSR count). The lowest BCUT2D eigenvalue weighted by molar-refractivity contribution is 0.399. The number of methoxy groups -OCH3 is 2. The first-order valence-electron chi connectivity index (χ1n) is 7.71. The monoisotopic (exact) mass is 333 g/mol. The molecule has 0 aliphatic carbocycles. The van der Waals surface area contributed by atoms with Crippen LogP contribution < -0.4 is 9.47 Å². The Balaban J connectivity index is 1.77. The summed E-state index contributed by atoms with van der Waals surface area (Å²) in [4.78, 5) is 9.00. The summed E-state index contributed by atoms with van der Waals surface area (Å²) in [6.45, 7) is 0. The molecule has 0 saturated carbocycles. The molecule has 6 heteroatoms. The Bertz CT molecular complexity index is 1030. The molecule has 0 spiro atoms. The molecule has 0 unspecified atom stereocenters. The van der Waals surface area contributed by atoms with Crippen molar-refractivity contribution in [1.29, 1.82) is 0 Å². The van der Waals surface area contributed by atoms with Gasteiger partial charge in [-0.15, -0.1) is 0 Å².